The molecule has 0 amide bonds. The third kappa shape index (κ3) is 8.93. The van der Waals surface area contributed by atoms with Crippen LogP contribution in [0.25, 0.3) is 0 Å². The summed E-state index contributed by atoms with van der Waals surface area (Å²) in [6, 6.07) is 0. The molecule has 4 nitrogen and oxygen atoms in total. The second-order valence-electron chi connectivity index (χ2n) is 3.38. The van der Waals surface area contributed by atoms with Crippen molar-refractivity contribution in [3.8, 4) is 0 Å². The minimum atomic E-state index is -3.06. The predicted octanol–water partition coefficient (Wildman–Crippen LogP) is 3.00. The fourth-order valence-corrected chi connectivity index (χ4v) is 3.17. The van der Waals surface area contributed by atoms with Gasteiger partial charge in [-0.15, -0.1) is 34.8 Å². The van der Waals surface area contributed by atoms with Gasteiger partial charge < -0.3 is 17.7 Å². The summed E-state index contributed by atoms with van der Waals surface area (Å²) in [5.41, 5.74) is 0. The van der Waals surface area contributed by atoms with E-state index < -0.39 is 9.05 Å². The molecule has 8 heteroatoms. The number of hydrogen-bond donors (Lipinski definition) is 0. The SMILES string of the molecule is CO[Si](OCCCCl)(OCCCCl)OCCCCl. The van der Waals surface area contributed by atoms with Crippen LogP contribution in [-0.2, 0) is 17.7 Å². The maximum Gasteiger partial charge on any atom is 0.679 e. The lowest BCUT2D eigenvalue weighted by molar-refractivity contribution is -0.0219. The van der Waals surface area contributed by atoms with Crippen LogP contribution in [0.15, 0.2) is 0 Å². The van der Waals surface area contributed by atoms with E-state index in [0.29, 0.717) is 37.5 Å². The van der Waals surface area contributed by atoms with Crippen molar-refractivity contribution in [3.05, 3.63) is 0 Å². The first-order valence-electron chi connectivity index (χ1n) is 5.89. The second kappa shape index (κ2) is 12.9. The summed E-state index contributed by atoms with van der Waals surface area (Å²) in [7, 11) is -1.53. The van der Waals surface area contributed by atoms with E-state index in [1.165, 1.54) is 7.11 Å². The lowest BCUT2D eigenvalue weighted by Gasteiger charge is -2.26. The Morgan fingerprint density at radius 1 is 0.722 bits per heavy atom. The zero-order chi connectivity index (χ0) is 13.7. The summed E-state index contributed by atoms with van der Waals surface area (Å²) in [5, 5.41) is 0. The van der Waals surface area contributed by atoms with Crippen molar-refractivity contribution in [1.29, 1.82) is 0 Å². The van der Waals surface area contributed by atoms with Crippen LogP contribution in [0.5, 0.6) is 0 Å². The fourth-order valence-electron chi connectivity index (χ4n) is 1.06. The summed E-state index contributed by atoms with van der Waals surface area (Å²) in [4.78, 5) is 0. The molecule has 0 atom stereocenters. The van der Waals surface area contributed by atoms with Gasteiger partial charge in [0.1, 0.15) is 0 Å². The van der Waals surface area contributed by atoms with Gasteiger partial charge in [0, 0.05) is 44.6 Å². The molecule has 0 unspecified atom stereocenters. The second-order valence-corrected chi connectivity index (χ2v) is 6.79. The van der Waals surface area contributed by atoms with Gasteiger partial charge in [0.2, 0.25) is 0 Å². The molecule has 0 rings (SSSR count). The summed E-state index contributed by atoms with van der Waals surface area (Å²) in [5.74, 6) is 1.58. The van der Waals surface area contributed by atoms with E-state index >= 15 is 0 Å². The first-order chi connectivity index (χ1) is 8.74. The van der Waals surface area contributed by atoms with Gasteiger partial charge in [0.15, 0.2) is 0 Å². The molecule has 0 saturated carbocycles. The highest BCUT2D eigenvalue weighted by Crippen LogP contribution is 2.13. The Morgan fingerprint density at radius 3 is 1.28 bits per heavy atom. The predicted molar refractivity (Wildman–Crippen MR) is 76.6 cm³/mol. The van der Waals surface area contributed by atoms with Crippen LogP contribution in [0.4, 0.5) is 0 Å². The average Bonchev–Trinajstić information content (AvgIpc) is 2.39. The van der Waals surface area contributed by atoms with Crippen LogP contribution in [0, 0.1) is 0 Å². The molecule has 0 bridgehead atoms. The highest BCUT2D eigenvalue weighted by molar-refractivity contribution is 6.53. The molecule has 0 aliphatic carbocycles. The lowest BCUT2D eigenvalue weighted by Crippen LogP contribution is -2.49. The molecule has 0 aliphatic heterocycles. The maximum absolute atomic E-state index is 5.61. The monoisotopic (exact) mass is 338 g/mol. The smallest absolute Gasteiger partial charge is 0.355 e. The molecule has 0 radical (unpaired) electrons. The van der Waals surface area contributed by atoms with Crippen LogP contribution in [0.3, 0.4) is 0 Å². The maximum atomic E-state index is 5.61. The Hall–Kier alpha value is 0.927. The van der Waals surface area contributed by atoms with Crippen LogP contribution in [0.1, 0.15) is 19.3 Å². The topological polar surface area (TPSA) is 36.9 Å². The number of halogens is 3. The van der Waals surface area contributed by atoms with Crippen LogP contribution < -0.4 is 0 Å². The van der Waals surface area contributed by atoms with Crippen molar-refractivity contribution >= 4 is 43.9 Å². The molecule has 0 fully saturated rings. The van der Waals surface area contributed by atoms with Gasteiger partial charge >= 0.3 is 9.05 Å². The summed E-state index contributed by atoms with van der Waals surface area (Å²) >= 11 is 16.8. The number of hydrogen-bond acceptors (Lipinski definition) is 4. The normalized spacial score (nSPS) is 12.0. The Balaban J connectivity index is 4.20. The Kier molecular flexibility index (Phi) is 13.6. The Morgan fingerprint density at radius 2 is 1.06 bits per heavy atom. The van der Waals surface area contributed by atoms with Crippen LogP contribution >= 0.6 is 34.8 Å². The summed E-state index contributed by atoms with van der Waals surface area (Å²) in [6.45, 7) is 1.35. The first-order valence-corrected chi connectivity index (χ1v) is 9.13. The van der Waals surface area contributed by atoms with Crippen molar-refractivity contribution in [2.45, 2.75) is 19.3 Å². The Bertz CT molecular complexity index is 162. The summed E-state index contributed by atoms with van der Waals surface area (Å²) in [6.07, 6.45) is 2.16. The molecular formula is C10H21Cl3O4Si. The quantitative estimate of drug-likeness (QED) is 0.294. The van der Waals surface area contributed by atoms with Gasteiger partial charge in [0.25, 0.3) is 0 Å². The number of alkyl halides is 3. The molecule has 0 aromatic carbocycles. The van der Waals surface area contributed by atoms with Crippen molar-refractivity contribution in [3.63, 3.8) is 0 Å². The van der Waals surface area contributed by atoms with Crippen LogP contribution in [0.2, 0.25) is 0 Å². The van der Waals surface area contributed by atoms with E-state index in [4.69, 9.17) is 52.5 Å². The van der Waals surface area contributed by atoms with E-state index in [1.807, 2.05) is 0 Å². The minimum Gasteiger partial charge on any atom is -0.355 e. The molecule has 18 heavy (non-hydrogen) atoms. The largest absolute Gasteiger partial charge is 0.679 e. The highest BCUT2D eigenvalue weighted by Gasteiger charge is 2.44. The third-order valence-electron chi connectivity index (χ3n) is 1.92. The van der Waals surface area contributed by atoms with Gasteiger partial charge in [-0.2, -0.15) is 0 Å². The molecule has 0 heterocycles. The molecule has 0 spiro atoms. The van der Waals surface area contributed by atoms with Crippen molar-refractivity contribution in [2.24, 2.45) is 0 Å². The molecule has 0 aromatic rings. The van der Waals surface area contributed by atoms with E-state index in [9.17, 15) is 0 Å². The zero-order valence-corrected chi connectivity index (χ0v) is 13.9. The molecule has 0 aromatic heterocycles. The van der Waals surface area contributed by atoms with E-state index in [1.54, 1.807) is 0 Å². The van der Waals surface area contributed by atoms with Gasteiger partial charge in [-0.25, -0.2) is 0 Å². The van der Waals surface area contributed by atoms with Gasteiger partial charge in [-0.1, -0.05) is 0 Å². The van der Waals surface area contributed by atoms with Gasteiger partial charge in [0.05, 0.1) is 0 Å². The fraction of sp³-hybridized carbons (Fsp3) is 1.00. The van der Waals surface area contributed by atoms with Crippen LogP contribution in [-0.4, -0.2) is 53.6 Å². The van der Waals surface area contributed by atoms with Crippen molar-refractivity contribution in [2.75, 3.05) is 44.6 Å². The van der Waals surface area contributed by atoms with Crippen molar-refractivity contribution < 1.29 is 17.7 Å². The summed E-state index contributed by atoms with van der Waals surface area (Å²) < 4.78 is 22.2. The molecule has 0 aliphatic rings. The molecule has 110 valence electrons. The number of rotatable bonds is 13. The van der Waals surface area contributed by atoms with E-state index in [0.717, 1.165) is 19.3 Å². The third-order valence-corrected chi connectivity index (χ3v) is 4.90. The Labute approximate surface area is 125 Å². The molecule has 0 N–H and O–H groups in total. The standard InChI is InChI=1S/C10H21Cl3O4Si/c1-14-18(15-8-2-5-11,16-9-3-6-12)17-10-4-7-13/h2-10H2,1H3. The van der Waals surface area contributed by atoms with E-state index in [-0.39, 0.29) is 0 Å². The highest BCUT2D eigenvalue weighted by atomic mass is 35.5. The zero-order valence-electron chi connectivity index (χ0n) is 10.6. The molecular weight excluding hydrogens is 319 g/mol. The molecule has 0 saturated heterocycles. The van der Waals surface area contributed by atoms with E-state index in [2.05, 4.69) is 0 Å². The van der Waals surface area contributed by atoms with Gasteiger partial charge in [-0.3, -0.25) is 0 Å². The van der Waals surface area contributed by atoms with Gasteiger partial charge in [-0.05, 0) is 19.3 Å². The average molecular weight is 340 g/mol. The van der Waals surface area contributed by atoms with Crippen molar-refractivity contribution in [1.82, 2.24) is 0 Å². The first kappa shape index (κ1) is 18.9. The lowest BCUT2D eigenvalue weighted by atomic mass is 10.5. The minimum absolute atomic E-state index is 0.450.